The Morgan fingerprint density at radius 1 is 1.50 bits per heavy atom. The molecule has 0 radical (unpaired) electrons. The molecule has 1 rings (SSSR count). The second kappa shape index (κ2) is 4.51. The molecule has 14 heavy (non-hydrogen) atoms. The highest BCUT2D eigenvalue weighted by Crippen LogP contribution is 2.24. The topological polar surface area (TPSA) is 43.1 Å². The average molecular weight is 209 g/mol. The lowest BCUT2D eigenvalue weighted by atomic mass is 9.99. The first kappa shape index (κ1) is 11.1. The molecule has 0 aliphatic carbocycles. The molecule has 0 saturated heterocycles. The molecule has 0 heterocycles. The van der Waals surface area contributed by atoms with Gasteiger partial charge in [0.05, 0.1) is 5.92 Å². The van der Waals surface area contributed by atoms with Crippen molar-refractivity contribution < 1.29 is 4.79 Å². The molecule has 0 saturated carbocycles. The largest absolute Gasteiger partial charge is 0.369 e. The van der Waals surface area contributed by atoms with E-state index >= 15 is 0 Å². The third-order valence-corrected chi connectivity index (χ3v) is 3.24. The minimum atomic E-state index is -0.277. The van der Waals surface area contributed by atoms with E-state index < -0.39 is 0 Å². The van der Waals surface area contributed by atoms with E-state index in [2.05, 4.69) is 0 Å². The summed E-state index contributed by atoms with van der Waals surface area (Å²) in [6.45, 7) is 3.87. The molecule has 3 heteroatoms. The van der Waals surface area contributed by atoms with E-state index in [9.17, 15) is 4.79 Å². The van der Waals surface area contributed by atoms with Gasteiger partial charge >= 0.3 is 0 Å². The smallest absolute Gasteiger partial charge is 0.224 e. The van der Waals surface area contributed by atoms with Crippen LogP contribution in [0, 0.1) is 6.92 Å². The summed E-state index contributed by atoms with van der Waals surface area (Å²) < 4.78 is 0. The number of aryl methyl sites for hydroxylation is 1. The molecule has 0 aliphatic heterocycles. The van der Waals surface area contributed by atoms with Crippen LogP contribution in [-0.4, -0.2) is 12.2 Å². The van der Waals surface area contributed by atoms with Crippen molar-refractivity contribution in [2.45, 2.75) is 24.7 Å². The van der Waals surface area contributed by atoms with Crippen LogP contribution in [0.2, 0.25) is 0 Å². The quantitative estimate of drug-likeness (QED) is 0.776. The third kappa shape index (κ3) is 2.29. The maximum Gasteiger partial charge on any atom is 0.224 e. The third-order valence-electron chi connectivity index (χ3n) is 2.35. The number of nitrogens with two attached hydrogens (primary N) is 1. The molecule has 1 amide bonds. The lowest BCUT2D eigenvalue weighted by Gasteiger charge is -2.10. The molecule has 0 aromatic heterocycles. The van der Waals surface area contributed by atoms with Gasteiger partial charge in [-0.25, -0.2) is 0 Å². The molecule has 1 unspecified atom stereocenters. The first-order valence-electron chi connectivity index (χ1n) is 4.50. The summed E-state index contributed by atoms with van der Waals surface area (Å²) in [5.74, 6) is -0.481. The van der Waals surface area contributed by atoms with Crippen LogP contribution in [-0.2, 0) is 4.79 Å². The molecule has 0 fully saturated rings. The van der Waals surface area contributed by atoms with Gasteiger partial charge in [-0.15, -0.1) is 11.8 Å². The highest BCUT2D eigenvalue weighted by atomic mass is 32.2. The number of primary amides is 1. The summed E-state index contributed by atoms with van der Waals surface area (Å²) in [4.78, 5) is 12.2. The molecule has 0 aliphatic rings. The summed E-state index contributed by atoms with van der Waals surface area (Å²) in [5.41, 5.74) is 7.44. The minimum Gasteiger partial charge on any atom is -0.369 e. The summed E-state index contributed by atoms with van der Waals surface area (Å²) >= 11 is 1.71. The van der Waals surface area contributed by atoms with Gasteiger partial charge in [0.15, 0.2) is 0 Å². The van der Waals surface area contributed by atoms with Gasteiger partial charge in [-0.2, -0.15) is 0 Å². The van der Waals surface area contributed by atoms with Gasteiger partial charge in [-0.1, -0.05) is 12.1 Å². The number of hydrogen-bond acceptors (Lipinski definition) is 2. The first-order valence-corrected chi connectivity index (χ1v) is 5.72. The Morgan fingerprint density at radius 3 is 2.57 bits per heavy atom. The van der Waals surface area contributed by atoms with Gasteiger partial charge in [0.2, 0.25) is 5.91 Å². The number of hydrogen-bond donors (Lipinski definition) is 1. The standard InChI is InChI=1S/C11H15NOS/c1-7-6-9(8(2)11(12)13)4-5-10(7)14-3/h4-6,8H,1-3H3,(H2,12,13). The maximum absolute atomic E-state index is 11.0. The summed E-state index contributed by atoms with van der Waals surface area (Å²) in [7, 11) is 0. The van der Waals surface area contributed by atoms with Crippen LogP contribution in [0.1, 0.15) is 24.0 Å². The van der Waals surface area contributed by atoms with E-state index in [0.29, 0.717) is 0 Å². The van der Waals surface area contributed by atoms with Crippen molar-refractivity contribution in [2.24, 2.45) is 5.73 Å². The van der Waals surface area contributed by atoms with E-state index in [4.69, 9.17) is 5.73 Å². The van der Waals surface area contributed by atoms with Crippen molar-refractivity contribution in [3.63, 3.8) is 0 Å². The van der Waals surface area contributed by atoms with Crippen molar-refractivity contribution in [3.05, 3.63) is 29.3 Å². The Labute approximate surface area is 88.9 Å². The van der Waals surface area contributed by atoms with Crippen molar-refractivity contribution >= 4 is 17.7 Å². The zero-order valence-electron chi connectivity index (χ0n) is 8.70. The van der Waals surface area contributed by atoms with Crippen molar-refractivity contribution in [1.29, 1.82) is 0 Å². The molecule has 1 aromatic carbocycles. The van der Waals surface area contributed by atoms with Crippen LogP contribution < -0.4 is 5.73 Å². The normalized spacial score (nSPS) is 12.5. The Morgan fingerprint density at radius 2 is 2.14 bits per heavy atom. The van der Waals surface area contributed by atoms with Crippen molar-refractivity contribution in [1.82, 2.24) is 0 Å². The van der Waals surface area contributed by atoms with E-state index in [1.165, 1.54) is 10.5 Å². The molecular formula is C11H15NOS. The fourth-order valence-electron chi connectivity index (χ4n) is 1.34. The average Bonchev–Trinajstić information content (AvgIpc) is 2.16. The molecule has 1 atom stereocenters. The van der Waals surface area contributed by atoms with Gasteiger partial charge in [-0.3, -0.25) is 4.79 Å². The zero-order chi connectivity index (χ0) is 10.7. The van der Waals surface area contributed by atoms with E-state index in [1.54, 1.807) is 11.8 Å². The van der Waals surface area contributed by atoms with Gasteiger partial charge in [-0.05, 0) is 37.3 Å². The van der Waals surface area contributed by atoms with Crippen molar-refractivity contribution in [2.75, 3.05) is 6.26 Å². The Hall–Kier alpha value is -0.960. The monoisotopic (exact) mass is 209 g/mol. The minimum absolute atomic E-state index is 0.204. The van der Waals surface area contributed by atoms with Crippen LogP contribution in [0.25, 0.3) is 0 Å². The highest BCUT2D eigenvalue weighted by molar-refractivity contribution is 7.98. The van der Waals surface area contributed by atoms with Crippen LogP contribution >= 0.6 is 11.8 Å². The number of amides is 1. The van der Waals surface area contributed by atoms with Gasteiger partial charge in [0.1, 0.15) is 0 Å². The second-order valence-electron chi connectivity index (χ2n) is 3.35. The number of thioether (sulfide) groups is 1. The maximum atomic E-state index is 11.0. The van der Waals surface area contributed by atoms with Gasteiger partial charge in [0.25, 0.3) is 0 Å². The van der Waals surface area contributed by atoms with E-state index in [1.807, 2.05) is 38.3 Å². The van der Waals surface area contributed by atoms with Crippen molar-refractivity contribution in [3.8, 4) is 0 Å². The number of carbonyl (C=O) groups excluding carboxylic acids is 1. The molecule has 2 nitrogen and oxygen atoms in total. The van der Waals surface area contributed by atoms with E-state index in [-0.39, 0.29) is 11.8 Å². The predicted octanol–water partition coefficient (Wildman–Crippen LogP) is 2.31. The van der Waals surface area contributed by atoms with Crippen LogP contribution in [0.4, 0.5) is 0 Å². The summed E-state index contributed by atoms with van der Waals surface area (Å²) in [6, 6.07) is 6.03. The molecule has 76 valence electrons. The van der Waals surface area contributed by atoms with Crippen LogP contribution in [0.3, 0.4) is 0 Å². The zero-order valence-corrected chi connectivity index (χ0v) is 9.52. The lowest BCUT2D eigenvalue weighted by molar-refractivity contribution is -0.119. The van der Waals surface area contributed by atoms with Gasteiger partial charge < -0.3 is 5.73 Å². The fourth-order valence-corrected chi connectivity index (χ4v) is 1.92. The Bertz CT molecular complexity index is 349. The summed E-state index contributed by atoms with van der Waals surface area (Å²) in [6.07, 6.45) is 2.04. The van der Waals surface area contributed by atoms with Crippen LogP contribution in [0.15, 0.2) is 23.1 Å². The lowest BCUT2D eigenvalue weighted by Crippen LogP contribution is -2.18. The number of carbonyl (C=O) groups is 1. The Kier molecular flexibility index (Phi) is 3.58. The fraction of sp³-hybridized carbons (Fsp3) is 0.364. The van der Waals surface area contributed by atoms with Gasteiger partial charge in [0, 0.05) is 4.90 Å². The molecule has 2 N–H and O–H groups in total. The SMILES string of the molecule is CSc1ccc(C(C)C(N)=O)cc1C. The number of rotatable bonds is 3. The van der Waals surface area contributed by atoms with E-state index in [0.717, 1.165) is 5.56 Å². The molecule has 0 bridgehead atoms. The molecule has 0 spiro atoms. The highest BCUT2D eigenvalue weighted by Gasteiger charge is 2.11. The Balaban J connectivity index is 3.02. The summed E-state index contributed by atoms with van der Waals surface area (Å²) in [5, 5.41) is 0. The molecule has 1 aromatic rings. The van der Waals surface area contributed by atoms with Crippen LogP contribution in [0.5, 0.6) is 0 Å². The first-order chi connectivity index (χ1) is 6.56. The second-order valence-corrected chi connectivity index (χ2v) is 4.20. The molecular weight excluding hydrogens is 194 g/mol. The predicted molar refractivity (Wildman–Crippen MR) is 60.6 cm³/mol. The number of benzene rings is 1.